The van der Waals surface area contributed by atoms with Crippen LogP contribution in [0, 0.1) is 0 Å². The van der Waals surface area contributed by atoms with Crippen molar-refractivity contribution in [2.24, 2.45) is 0 Å². The Balaban J connectivity index is 1.45. The molecule has 34 heavy (non-hydrogen) atoms. The lowest BCUT2D eigenvalue weighted by Gasteiger charge is -2.41. The summed E-state index contributed by atoms with van der Waals surface area (Å²) in [4.78, 5) is 12.0. The number of phenolic OH excluding ortho intramolecular Hbond substituents is 1. The highest BCUT2D eigenvalue weighted by molar-refractivity contribution is 5.95. The van der Waals surface area contributed by atoms with Gasteiger partial charge in [-0.15, -0.1) is 0 Å². The number of benzene rings is 1. The van der Waals surface area contributed by atoms with Crippen LogP contribution >= 0.6 is 0 Å². The zero-order chi connectivity index (χ0) is 24.7. The minimum atomic E-state index is -1.70. The molecule has 3 aliphatic heterocycles. The van der Waals surface area contributed by atoms with Gasteiger partial charge in [-0.3, -0.25) is 0 Å². The second kappa shape index (κ2) is 9.89. The molecule has 0 amide bonds. The SMILES string of the molecule is CC1Cc2cc(OC3OC(COC4OCC(O)C(O)C4O)C(O)C(O)C3O)cc(O)c2C(=O)O1. The summed E-state index contributed by atoms with van der Waals surface area (Å²) >= 11 is 0. The summed E-state index contributed by atoms with van der Waals surface area (Å²) < 4.78 is 26.7. The van der Waals surface area contributed by atoms with Gasteiger partial charge in [0.25, 0.3) is 0 Å². The van der Waals surface area contributed by atoms with Crippen molar-refractivity contribution in [1.29, 1.82) is 0 Å². The maximum Gasteiger partial charge on any atom is 0.342 e. The van der Waals surface area contributed by atoms with Gasteiger partial charge >= 0.3 is 5.97 Å². The van der Waals surface area contributed by atoms with Gasteiger partial charge in [0.15, 0.2) is 6.29 Å². The van der Waals surface area contributed by atoms with E-state index in [0.29, 0.717) is 12.0 Å². The first-order valence-corrected chi connectivity index (χ1v) is 10.8. The molecule has 1 aromatic carbocycles. The van der Waals surface area contributed by atoms with Crippen LogP contribution in [0.5, 0.6) is 11.5 Å². The smallest absolute Gasteiger partial charge is 0.342 e. The lowest BCUT2D eigenvalue weighted by atomic mass is 9.97. The Bertz CT molecular complexity index is 894. The molecule has 13 heteroatoms. The van der Waals surface area contributed by atoms with Gasteiger partial charge in [-0.25, -0.2) is 4.79 Å². The number of esters is 1. The van der Waals surface area contributed by atoms with Crippen LogP contribution in [-0.4, -0.2) is 116 Å². The molecule has 2 saturated heterocycles. The highest BCUT2D eigenvalue weighted by Gasteiger charge is 2.46. The zero-order valence-corrected chi connectivity index (χ0v) is 18.1. The average Bonchev–Trinajstić information content (AvgIpc) is 2.77. The molecule has 3 aliphatic rings. The van der Waals surface area contributed by atoms with Crippen molar-refractivity contribution in [3.05, 3.63) is 23.3 Å². The van der Waals surface area contributed by atoms with Gasteiger partial charge in [-0.1, -0.05) is 0 Å². The summed E-state index contributed by atoms with van der Waals surface area (Å²) in [6.45, 7) is 0.959. The topological polar surface area (TPSA) is 205 Å². The number of hydrogen-bond donors (Lipinski definition) is 7. The van der Waals surface area contributed by atoms with Crippen LogP contribution in [0.1, 0.15) is 22.8 Å². The molecular formula is C21H28O13. The van der Waals surface area contributed by atoms with Gasteiger partial charge in [-0.2, -0.15) is 0 Å². The van der Waals surface area contributed by atoms with Gasteiger partial charge in [0.2, 0.25) is 6.29 Å². The molecule has 0 spiro atoms. The van der Waals surface area contributed by atoms with E-state index in [-0.39, 0.29) is 23.7 Å². The summed E-state index contributed by atoms with van der Waals surface area (Å²) in [5, 5.41) is 70.4. The van der Waals surface area contributed by atoms with E-state index < -0.39 is 74.0 Å². The maximum atomic E-state index is 12.0. The molecule has 10 atom stereocenters. The standard InChI is InChI=1S/C21H28O13/c1-7-2-8-3-9(4-10(22)13(8)19(29)32-7)33-21-18(28)16(26)15(25)12(34-21)6-31-20-17(27)14(24)11(23)5-30-20/h3-4,7,11-12,14-18,20-28H,2,5-6H2,1H3. The maximum absolute atomic E-state index is 12.0. The second-order valence-corrected chi connectivity index (χ2v) is 8.61. The molecule has 10 unspecified atom stereocenters. The Hall–Kier alpha value is -2.07. The van der Waals surface area contributed by atoms with Crippen LogP contribution in [0.25, 0.3) is 0 Å². The third kappa shape index (κ3) is 4.84. The molecule has 2 fully saturated rings. The lowest BCUT2D eigenvalue weighted by Crippen LogP contribution is -2.61. The fourth-order valence-corrected chi connectivity index (χ4v) is 4.12. The third-order valence-electron chi connectivity index (χ3n) is 5.99. The molecule has 4 rings (SSSR count). The van der Waals surface area contributed by atoms with E-state index in [1.165, 1.54) is 6.07 Å². The van der Waals surface area contributed by atoms with Crippen molar-refractivity contribution in [3.63, 3.8) is 0 Å². The van der Waals surface area contributed by atoms with Gasteiger partial charge in [0.05, 0.1) is 13.2 Å². The minimum Gasteiger partial charge on any atom is -0.507 e. The number of aromatic hydroxyl groups is 1. The molecule has 0 aromatic heterocycles. The molecule has 3 heterocycles. The Kier molecular flexibility index (Phi) is 7.28. The fraction of sp³-hybridized carbons (Fsp3) is 0.667. The molecule has 190 valence electrons. The first kappa shape index (κ1) is 25.0. The molecular weight excluding hydrogens is 460 g/mol. The van der Waals surface area contributed by atoms with E-state index in [2.05, 4.69) is 0 Å². The van der Waals surface area contributed by atoms with Crippen LogP contribution in [0.4, 0.5) is 0 Å². The number of aliphatic hydroxyl groups is 6. The number of phenols is 1. The van der Waals surface area contributed by atoms with Crippen LogP contribution in [-0.2, 0) is 25.4 Å². The number of carbonyl (C=O) groups excluding carboxylic acids is 1. The summed E-state index contributed by atoms with van der Waals surface area (Å²) in [6, 6.07) is 2.61. The quantitative estimate of drug-likeness (QED) is 0.209. The monoisotopic (exact) mass is 488 g/mol. The Labute approximate surface area is 193 Å². The predicted octanol–water partition coefficient (Wildman–Crippen LogP) is -2.86. The molecule has 1 aromatic rings. The Morgan fingerprint density at radius 2 is 1.68 bits per heavy atom. The summed E-state index contributed by atoms with van der Waals surface area (Å²) in [7, 11) is 0. The van der Waals surface area contributed by atoms with E-state index in [0.717, 1.165) is 6.07 Å². The zero-order valence-electron chi connectivity index (χ0n) is 18.1. The Morgan fingerprint density at radius 1 is 0.971 bits per heavy atom. The van der Waals surface area contributed by atoms with Gasteiger partial charge in [0.1, 0.15) is 65.9 Å². The van der Waals surface area contributed by atoms with E-state index in [4.69, 9.17) is 23.7 Å². The van der Waals surface area contributed by atoms with Gasteiger partial charge in [-0.05, 0) is 18.6 Å². The number of hydrogen-bond acceptors (Lipinski definition) is 13. The van der Waals surface area contributed by atoms with Crippen LogP contribution < -0.4 is 4.74 Å². The highest BCUT2D eigenvalue weighted by Crippen LogP contribution is 2.34. The summed E-state index contributed by atoms with van der Waals surface area (Å²) in [5.41, 5.74) is 0.476. The van der Waals surface area contributed by atoms with E-state index in [1.807, 2.05) is 0 Å². The molecule has 0 bridgehead atoms. The number of ether oxygens (including phenoxy) is 5. The number of aliphatic hydroxyl groups excluding tert-OH is 6. The third-order valence-corrected chi connectivity index (χ3v) is 5.99. The predicted molar refractivity (Wildman–Crippen MR) is 108 cm³/mol. The van der Waals surface area contributed by atoms with Crippen molar-refractivity contribution >= 4 is 5.97 Å². The van der Waals surface area contributed by atoms with Gasteiger partial charge < -0.3 is 59.4 Å². The minimum absolute atomic E-state index is 0.00985. The highest BCUT2D eigenvalue weighted by atomic mass is 16.7. The normalized spacial score (nSPS) is 40.4. The number of rotatable bonds is 5. The van der Waals surface area contributed by atoms with Crippen molar-refractivity contribution in [2.75, 3.05) is 13.2 Å². The fourth-order valence-electron chi connectivity index (χ4n) is 4.12. The van der Waals surface area contributed by atoms with Crippen molar-refractivity contribution in [1.82, 2.24) is 0 Å². The summed E-state index contributed by atoms with van der Waals surface area (Å²) in [6.07, 6.45) is -13.5. The number of cyclic esters (lactones) is 1. The van der Waals surface area contributed by atoms with Crippen molar-refractivity contribution in [3.8, 4) is 11.5 Å². The van der Waals surface area contributed by atoms with E-state index in [1.54, 1.807) is 6.92 Å². The van der Waals surface area contributed by atoms with E-state index in [9.17, 15) is 40.5 Å². The van der Waals surface area contributed by atoms with Crippen LogP contribution in [0.3, 0.4) is 0 Å². The molecule has 0 saturated carbocycles. The Morgan fingerprint density at radius 3 is 2.41 bits per heavy atom. The first-order chi connectivity index (χ1) is 16.1. The van der Waals surface area contributed by atoms with E-state index >= 15 is 0 Å². The molecule has 0 aliphatic carbocycles. The first-order valence-electron chi connectivity index (χ1n) is 10.8. The van der Waals surface area contributed by atoms with Crippen molar-refractivity contribution in [2.45, 2.75) is 74.8 Å². The number of fused-ring (bicyclic) bond motifs is 1. The molecule has 13 nitrogen and oxygen atoms in total. The number of carbonyl (C=O) groups is 1. The lowest BCUT2D eigenvalue weighted by molar-refractivity contribution is -0.307. The molecule has 7 N–H and O–H groups in total. The summed E-state index contributed by atoms with van der Waals surface area (Å²) in [5.74, 6) is -1.03. The van der Waals surface area contributed by atoms with Crippen LogP contribution in [0.15, 0.2) is 12.1 Å². The molecule has 0 radical (unpaired) electrons. The van der Waals surface area contributed by atoms with Gasteiger partial charge in [0, 0.05) is 12.5 Å². The largest absolute Gasteiger partial charge is 0.507 e. The van der Waals surface area contributed by atoms with Crippen LogP contribution in [0.2, 0.25) is 0 Å². The van der Waals surface area contributed by atoms with Crippen molar-refractivity contribution < 1.29 is 64.2 Å². The average molecular weight is 488 g/mol. The second-order valence-electron chi connectivity index (χ2n) is 8.61.